The summed E-state index contributed by atoms with van der Waals surface area (Å²) in [7, 11) is 0. The van der Waals surface area contributed by atoms with Gasteiger partial charge in [-0.2, -0.15) is 0 Å². The van der Waals surface area contributed by atoms with Crippen LogP contribution in [-0.2, 0) is 9.53 Å². The quantitative estimate of drug-likeness (QED) is 0.377. The number of phenols is 1. The van der Waals surface area contributed by atoms with E-state index in [9.17, 15) is 9.90 Å². The Morgan fingerprint density at radius 1 is 0.914 bits per heavy atom. The molecule has 0 radical (unpaired) electrons. The van der Waals surface area contributed by atoms with E-state index >= 15 is 0 Å². The monoisotopic (exact) mass is 487 g/mol. The number of rotatable bonds is 7. The number of carbonyl (C=O) groups is 1. The molecule has 0 unspecified atom stereocenters. The standard InChI is InChI=1S/C26H25N5O3S/c32-23-9-5-4-8-22(23)25-28-29-26(31(25)21-6-2-1-3-7-21)35-18-24(33)27-19-10-12-20(13-11-19)30-14-16-34-17-15-30/h1-13,32H,14-18H2,(H,27,33). The molecule has 0 atom stereocenters. The third kappa shape index (κ3) is 5.31. The second-order valence-electron chi connectivity index (χ2n) is 7.98. The zero-order valence-electron chi connectivity index (χ0n) is 19.0. The van der Waals surface area contributed by atoms with E-state index in [1.165, 1.54) is 11.8 Å². The molecule has 8 nitrogen and oxygen atoms in total. The normalized spacial score (nSPS) is 13.5. The summed E-state index contributed by atoms with van der Waals surface area (Å²) in [6, 6.07) is 24.5. The van der Waals surface area contributed by atoms with Crippen molar-refractivity contribution >= 4 is 29.0 Å². The summed E-state index contributed by atoms with van der Waals surface area (Å²) < 4.78 is 7.26. The second-order valence-corrected chi connectivity index (χ2v) is 8.92. The lowest BCUT2D eigenvalue weighted by Gasteiger charge is -2.28. The van der Waals surface area contributed by atoms with Gasteiger partial charge in [-0.05, 0) is 48.5 Å². The van der Waals surface area contributed by atoms with Crippen molar-refractivity contribution in [1.29, 1.82) is 0 Å². The average molecular weight is 488 g/mol. The van der Waals surface area contributed by atoms with E-state index in [-0.39, 0.29) is 17.4 Å². The maximum absolute atomic E-state index is 12.7. The minimum Gasteiger partial charge on any atom is -0.507 e. The minimum absolute atomic E-state index is 0.118. The molecule has 0 spiro atoms. The van der Waals surface area contributed by atoms with E-state index in [4.69, 9.17) is 4.74 Å². The molecule has 178 valence electrons. The van der Waals surface area contributed by atoms with Crippen LogP contribution in [0.4, 0.5) is 11.4 Å². The largest absolute Gasteiger partial charge is 0.507 e. The lowest BCUT2D eigenvalue weighted by Crippen LogP contribution is -2.36. The fraction of sp³-hybridized carbons (Fsp3) is 0.192. The van der Waals surface area contributed by atoms with Crippen LogP contribution in [-0.4, -0.2) is 57.8 Å². The smallest absolute Gasteiger partial charge is 0.234 e. The van der Waals surface area contributed by atoms with E-state index in [0.717, 1.165) is 43.4 Å². The van der Waals surface area contributed by atoms with Crippen molar-refractivity contribution in [3.8, 4) is 22.8 Å². The number of nitrogens with one attached hydrogen (secondary N) is 1. The molecule has 0 saturated carbocycles. The van der Waals surface area contributed by atoms with Gasteiger partial charge in [-0.15, -0.1) is 10.2 Å². The Morgan fingerprint density at radius 2 is 1.63 bits per heavy atom. The van der Waals surface area contributed by atoms with Crippen LogP contribution in [0.15, 0.2) is 84.0 Å². The highest BCUT2D eigenvalue weighted by Gasteiger charge is 2.19. The fourth-order valence-corrected chi connectivity index (χ4v) is 4.67. The molecule has 5 rings (SSSR count). The zero-order chi connectivity index (χ0) is 24.0. The van der Waals surface area contributed by atoms with Crippen LogP contribution >= 0.6 is 11.8 Å². The number of hydrogen-bond acceptors (Lipinski definition) is 7. The van der Waals surface area contributed by atoms with Crippen LogP contribution < -0.4 is 10.2 Å². The van der Waals surface area contributed by atoms with Crippen molar-refractivity contribution in [3.63, 3.8) is 0 Å². The molecule has 3 aromatic carbocycles. The summed E-state index contributed by atoms with van der Waals surface area (Å²) in [6.45, 7) is 3.20. The van der Waals surface area contributed by atoms with Gasteiger partial charge in [-0.1, -0.05) is 42.1 Å². The maximum atomic E-state index is 12.7. The number of carbonyl (C=O) groups excluding carboxylic acids is 1. The van der Waals surface area contributed by atoms with Crippen LogP contribution in [0.2, 0.25) is 0 Å². The lowest BCUT2D eigenvalue weighted by molar-refractivity contribution is -0.113. The molecule has 2 N–H and O–H groups in total. The number of aromatic hydroxyl groups is 1. The Morgan fingerprint density at radius 3 is 2.37 bits per heavy atom. The first-order chi connectivity index (χ1) is 17.2. The Balaban J connectivity index is 1.30. The summed E-state index contributed by atoms with van der Waals surface area (Å²) in [5.74, 6) is 0.653. The number of morpholine rings is 1. The van der Waals surface area contributed by atoms with Crippen molar-refractivity contribution in [1.82, 2.24) is 14.8 Å². The lowest BCUT2D eigenvalue weighted by atomic mass is 10.2. The van der Waals surface area contributed by atoms with E-state index in [0.29, 0.717) is 16.5 Å². The topological polar surface area (TPSA) is 92.5 Å². The molecule has 1 saturated heterocycles. The minimum atomic E-state index is -0.138. The number of phenolic OH excluding ortho intramolecular Hbond substituents is 1. The summed E-state index contributed by atoms with van der Waals surface area (Å²) >= 11 is 1.29. The van der Waals surface area contributed by atoms with Gasteiger partial charge in [0.05, 0.1) is 24.5 Å². The summed E-state index contributed by atoms with van der Waals surface area (Å²) in [4.78, 5) is 15.0. The Bertz CT molecular complexity index is 1290. The first-order valence-electron chi connectivity index (χ1n) is 11.3. The molecule has 0 bridgehead atoms. The van der Waals surface area contributed by atoms with Crippen molar-refractivity contribution in [2.24, 2.45) is 0 Å². The van der Waals surface area contributed by atoms with E-state index < -0.39 is 0 Å². The van der Waals surface area contributed by atoms with Crippen molar-refractivity contribution < 1.29 is 14.6 Å². The van der Waals surface area contributed by atoms with Gasteiger partial charge in [0.2, 0.25) is 5.91 Å². The number of ether oxygens (including phenoxy) is 1. The molecule has 0 aliphatic carbocycles. The van der Waals surface area contributed by atoms with Crippen LogP contribution in [0.3, 0.4) is 0 Å². The molecule has 9 heteroatoms. The molecule has 1 amide bonds. The predicted octanol–water partition coefficient (Wildman–Crippen LogP) is 4.21. The van der Waals surface area contributed by atoms with Gasteiger partial charge in [0.15, 0.2) is 11.0 Å². The van der Waals surface area contributed by atoms with Gasteiger partial charge in [-0.3, -0.25) is 9.36 Å². The molecule has 2 heterocycles. The Hall–Kier alpha value is -3.82. The zero-order valence-corrected chi connectivity index (χ0v) is 19.8. The van der Waals surface area contributed by atoms with Gasteiger partial charge >= 0.3 is 0 Å². The summed E-state index contributed by atoms with van der Waals surface area (Å²) in [6.07, 6.45) is 0. The van der Waals surface area contributed by atoms with Gasteiger partial charge in [0.25, 0.3) is 0 Å². The van der Waals surface area contributed by atoms with E-state index in [2.05, 4.69) is 20.4 Å². The van der Waals surface area contributed by atoms with Crippen molar-refractivity contribution in [2.45, 2.75) is 5.16 Å². The molecule has 1 aliphatic rings. The third-order valence-electron chi connectivity index (χ3n) is 5.65. The van der Waals surface area contributed by atoms with Crippen LogP contribution in [0.1, 0.15) is 0 Å². The maximum Gasteiger partial charge on any atom is 0.234 e. The average Bonchev–Trinajstić information content (AvgIpc) is 3.33. The van der Waals surface area contributed by atoms with Gasteiger partial charge < -0.3 is 20.1 Å². The molecule has 35 heavy (non-hydrogen) atoms. The summed E-state index contributed by atoms with van der Waals surface area (Å²) in [5.41, 5.74) is 3.28. The van der Waals surface area contributed by atoms with E-state index in [1.807, 2.05) is 65.2 Å². The predicted molar refractivity (Wildman–Crippen MR) is 137 cm³/mol. The first-order valence-corrected chi connectivity index (χ1v) is 12.3. The Labute approximate surface area is 207 Å². The number of amides is 1. The third-order valence-corrected chi connectivity index (χ3v) is 6.58. The number of anilines is 2. The molecular weight excluding hydrogens is 462 g/mol. The molecule has 1 aromatic heterocycles. The molecule has 1 aliphatic heterocycles. The van der Waals surface area contributed by atoms with Crippen molar-refractivity contribution in [3.05, 3.63) is 78.9 Å². The molecular formula is C26H25N5O3S. The van der Waals surface area contributed by atoms with Crippen LogP contribution in [0.25, 0.3) is 17.1 Å². The highest BCUT2D eigenvalue weighted by Crippen LogP contribution is 2.32. The second kappa shape index (κ2) is 10.6. The van der Waals surface area contributed by atoms with Crippen LogP contribution in [0.5, 0.6) is 5.75 Å². The van der Waals surface area contributed by atoms with Gasteiger partial charge in [-0.25, -0.2) is 0 Å². The molecule has 1 fully saturated rings. The van der Waals surface area contributed by atoms with Gasteiger partial charge in [0.1, 0.15) is 5.75 Å². The highest BCUT2D eigenvalue weighted by atomic mass is 32.2. The Kier molecular flexibility index (Phi) is 6.97. The number of thioether (sulfide) groups is 1. The van der Waals surface area contributed by atoms with Crippen molar-refractivity contribution in [2.75, 3.05) is 42.3 Å². The highest BCUT2D eigenvalue weighted by molar-refractivity contribution is 7.99. The van der Waals surface area contributed by atoms with Crippen LogP contribution in [0, 0.1) is 0 Å². The SMILES string of the molecule is O=C(CSc1nnc(-c2ccccc2O)n1-c1ccccc1)Nc1ccc(N2CCOCC2)cc1. The molecule has 4 aromatic rings. The number of nitrogens with zero attached hydrogens (tertiary/aromatic N) is 4. The fourth-order valence-electron chi connectivity index (χ4n) is 3.91. The number of aromatic nitrogens is 3. The number of para-hydroxylation sites is 2. The summed E-state index contributed by atoms with van der Waals surface area (Å²) in [5, 5.41) is 22.5. The first kappa shape index (κ1) is 22.9. The number of hydrogen-bond donors (Lipinski definition) is 2. The van der Waals surface area contributed by atoms with E-state index in [1.54, 1.807) is 18.2 Å². The number of benzene rings is 3. The van der Waals surface area contributed by atoms with Gasteiger partial charge in [0, 0.05) is 30.2 Å².